The number of nitrogens with two attached hydrogens (primary N) is 1. The first-order valence-corrected chi connectivity index (χ1v) is 6.66. The van der Waals surface area contributed by atoms with E-state index in [1.165, 1.54) is 17.7 Å². The summed E-state index contributed by atoms with van der Waals surface area (Å²) < 4.78 is 5.12. The Morgan fingerprint density at radius 3 is 2.94 bits per heavy atom. The van der Waals surface area contributed by atoms with Gasteiger partial charge in [-0.2, -0.15) is 0 Å². The number of nitrogens with one attached hydrogen (secondary N) is 1. The van der Waals surface area contributed by atoms with Crippen LogP contribution in [-0.4, -0.2) is 30.2 Å². The van der Waals surface area contributed by atoms with Gasteiger partial charge in [-0.25, -0.2) is 9.97 Å². The maximum atomic E-state index is 5.49. The number of aromatic nitrogens is 2. The number of fused-ring (bicyclic) bond motifs is 1. The summed E-state index contributed by atoms with van der Waals surface area (Å²) in [7, 11) is 1.67. The molecule has 1 heterocycles. The second kappa shape index (κ2) is 6.66. The van der Waals surface area contributed by atoms with Crippen molar-refractivity contribution in [2.45, 2.75) is 38.7 Å². The highest BCUT2D eigenvalue weighted by Crippen LogP contribution is 2.26. The van der Waals surface area contributed by atoms with Crippen LogP contribution in [0.2, 0.25) is 0 Å². The highest BCUT2D eigenvalue weighted by molar-refractivity contribution is 5.48. The molecule has 0 amide bonds. The Morgan fingerprint density at radius 1 is 1.28 bits per heavy atom. The number of methoxy groups -OCH3 is 1. The van der Waals surface area contributed by atoms with Crippen LogP contribution in [0.3, 0.4) is 0 Å². The second-order valence-corrected chi connectivity index (χ2v) is 4.62. The molecule has 0 aromatic carbocycles. The van der Waals surface area contributed by atoms with Gasteiger partial charge in [0.2, 0.25) is 0 Å². The van der Waals surface area contributed by atoms with Gasteiger partial charge in [0.25, 0.3) is 0 Å². The molecule has 1 aliphatic carbocycles. The van der Waals surface area contributed by atoms with Gasteiger partial charge in [-0.1, -0.05) is 0 Å². The van der Waals surface area contributed by atoms with Crippen LogP contribution in [0.25, 0.3) is 0 Å². The van der Waals surface area contributed by atoms with Crippen LogP contribution in [0.1, 0.15) is 36.3 Å². The summed E-state index contributed by atoms with van der Waals surface area (Å²) in [5.41, 5.74) is 7.98. The number of hydrogen-bond acceptors (Lipinski definition) is 5. The van der Waals surface area contributed by atoms with Crippen molar-refractivity contribution in [3.05, 3.63) is 17.1 Å². The molecule has 1 aromatic rings. The van der Waals surface area contributed by atoms with E-state index in [4.69, 9.17) is 10.5 Å². The molecule has 2 rings (SSSR count). The zero-order valence-electron chi connectivity index (χ0n) is 11.0. The quantitative estimate of drug-likeness (QED) is 0.713. The summed E-state index contributed by atoms with van der Waals surface area (Å²) in [6.07, 6.45) is 5.45. The molecule has 18 heavy (non-hydrogen) atoms. The molecule has 0 saturated heterocycles. The molecular formula is C13H22N4O. The number of ether oxygens (including phenoxy) is 1. The minimum Gasteiger partial charge on any atom is -0.377 e. The summed E-state index contributed by atoms with van der Waals surface area (Å²) in [5, 5.41) is 3.42. The Morgan fingerprint density at radius 2 is 2.17 bits per heavy atom. The monoisotopic (exact) mass is 250 g/mol. The van der Waals surface area contributed by atoms with Crippen LogP contribution in [0.15, 0.2) is 0 Å². The van der Waals surface area contributed by atoms with E-state index >= 15 is 0 Å². The average Bonchev–Trinajstić information content (AvgIpc) is 2.83. The lowest BCUT2D eigenvalue weighted by molar-refractivity contribution is 0.177. The van der Waals surface area contributed by atoms with Crippen molar-refractivity contribution in [2.75, 3.05) is 25.5 Å². The summed E-state index contributed by atoms with van der Waals surface area (Å²) >= 11 is 0. The van der Waals surface area contributed by atoms with E-state index < -0.39 is 0 Å². The lowest BCUT2D eigenvalue weighted by Gasteiger charge is -2.11. The molecule has 5 nitrogen and oxygen atoms in total. The van der Waals surface area contributed by atoms with E-state index in [2.05, 4.69) is 15.3 Å². The van der Waals surface area contributed by atoms with Crippen molar-refractivity contribution < 1.29 is 4.74 Å². The van der Waals surface area contributed by atoms with E-state index in [0.29, 0.717) is 6.61 Å². The Balaban J connectivity index is 2.07. The van der Waals surface area contributed by atoms with Gasteiger partial charge in [0.05, 0.1) is 0 Å². The zero-order valence-corrected chi connectivity index (χ0v) is 11.0. The Kier molecular flexibility index (Phi) is 4.90. The van der Waals surface area contributed by atoms with Crippen LogP contribution in [0, 0.1) is 0 Å². The van der Waals surface area contributed by atoms with Gasteiger partial charge < -0.3 is 15.8 Å². The Bertz CT molecular complexity index is 395. The molecule has 5 heteroatoms. The molecule has 0 aliphatic heterocycles. The van der Waals surface area contributed by atoms with Crippen LogP contribution in [0.4, 0.5) is 5.82 Å². The maximum Gasteiger partial charge on any atom is 0.156 e. The Labute approximate surface area is 108 Å². The summed E-state index contributed by atoms with van der Waals surface area (Å²) in [6, 6.07) is 0. The second-order valence-electron chi connectivity index (χ2n) is 4.62. The largest absolute Gasteiger partial charge is 0.377 e. The lowest BCUT2D eigenvalue weighted by Crippen LogP contribution is -2.11. The van der Waals surface area contributed by atoms with Crippen LogP contribution in [0.5, 0.6) is 0 Å². The molecule has 0 atom stereocenters. The SMILES string of the molecule is COCc1nc2c(c(NCCCCN)n1)CCC2. The third kappa shape index (κ3) is 3.17. The first-order valence-electron chi connectivity index (χ1n) is 6.66. The maximum absolute atomic E-state index is 5.49. The minimum atomic E-state index is 0.477. The summed E-state index contributed by atoms with van der Waals surface area (Å²) in [4.78, 5) is 9.11. The third-order valence-electron chi connectivity index (χ3n) is 3.18. The predicted molar refractivity (Wildman–Crippen MR) is 71.5 cm³/mol. The first-order chi connectivity index (χ1) is 8.85. The predicted octanol–water partition coefficient (Wildman–Crippen LogP) is 1.26. The fourth-order valence-electron chi connectivity index (χ4n) is 2.30. The minimum absolute atomic E-state index is 0.477. The smallest absolute Gasteiger partial charge is 0.156 e. The molecule has 0 unspecified atom stereocenters. The van der Waals surface area contributed by atoms with Crippen molar-refractivity contribution in [1.82, 2.24) is 9.97 Å². The average molecular weight is 250 g/mol. The summed E-state index contributed by atoms with van der Waals surface area (Å²) in [5.74, 6) is 1.78. The third-order valence-corrected chi connectivity index (χ3v) is 3.18. The van der Waals surface area contributed by atoms with Crippen molar-refractivity contribution in [1.29, 1.82) is 0 Å². The van der Waals surface area contributed by atoms with Crippen molar-refractivity contribution in [2.24, 2.45) is 5.73 Å². The van der Waals surface area contributed by atoms with Gasteiger partial charge in [-0.05, 0) is 38.6 Å². The van der Waals surface area contributed by atoms with Crippen molar-refractivity contribution in [3.8, 4) is 0 Å². The van der Waals surface area contributed by atoms with Crippen LogP contribution in [-0.2, 0) is 24.2 Å². The summed E-state index contributed by atoms with van der Waals surface area (Å²) in [6.45, 7) is 2.15. The fourth-order valence-corrected chi connectivity index (χ4v) is 2.30. The zero-order chi connectivity index (χ0) is 12.8. The van der Waals surface area contributed by atoms with Gasteiger partial charge in [-0.3, -0.25) is 0 Å². The molecule has 1 aliphatic rings. The number of unbranched alkanes of at least 4 members (excludes halogenated alkanes) is 1. The van der Waals surface area contributed by atoms with E-state index in [-0.39, 0.29) is 0 Å². The highest BCUT2D eigenvalue weighted by atomic mass is 16.5. The van der Waals surface area contributed by atoms with E-state index in [1.54, 1.807) is 7.11 Å². The molecule has 0 bridgehead atoms. The van der Waals surface area contributed by atoms with Crippen molar-refractivity contribution in [3.63, 3.8) is 0 Å². The Hall–Kier alpha value is -1.20. The molecule has 1 aromatic heterocycles. The fraction of sp³-hybridized carbons (Fsp3) is 0.692. The molecule has 0 radical (unpaired) electrons. The number of aryl methyl sites for hydroxylation is 1. The molecule has 0 saturated carbocycles. The van der Waals surface area contributed by atoms with E-state index in [1.807, 2.05) is 0 Å². The van der Waals surface area contributed by atoms with Gasteiger partial charge in [0.15, 0.2) is 5.82 Å². The van der Waals surface area contributed by atoms with Gasteiger partial charge in [-0.15, -0.1) is 0 Å². The molecule has 0 fully saturated rings. The normalized spacial score (nSPS) is 13.7. The standard InChI is InChI=1S/C13H22N4O/c1-18-9-12-16-11-6-4-5-10(11)13(17-12)15-8-3-2-7-14/h2-9,14H2,1H3,(H,15,16,17). The number of hydrogen-bond donors (Lipinski definition) is 2. The van der Waals surface area contributed by atoms with Gasteiger partial charge in [0.1, 0.15) is 12.4 Å². The van der Waals surface area contributed by atoms with Crippen LogP contribution < -0.4 is 11.1 Å². The van der Waals surface area contributed by atoms with Gasteiger partial charge in [0, 0.05) is 24.9 Å². The number of nitrogens with zero attached hydrogens (tertiary/aromatic N) is 2. The van der Waals surface area contributed by atoms with Crippen molar-refractivity contribution >= 4 is 5.82 Å². The van der Waals surface area contributed by atoms with E-state index in [9.17, 15) is 0 Å². The first kappa shape index (κ1) is 13.2. The van der Waals surface area contributed by atoms with E-state index in [0.717, 1.165) is 50.4 Å². The molecular weight excluding hydrogens is 228 g/mol. The molecule has 100 valence electrons. The topological polar surface area (TPSA) is 73.1 Å². The number of rotatable bonds is 7. The highest BCUT2D eigenvalue weighted by Gasteiger charge is 2.18. The lowest BCUT2D eigenvalue weighted by atomic mass is 10.2. The molecule has 3 N–H and O–H groups in total. The van der Waals surface area contributed by atoms with Gasteiger partial charge >= 0.3 is 0 Å². The molecule has 0 spiro atoms. The number of anilines is 1. The van der Waals surface area contributed by atoms with Crippen LogP contribution >= 0.6 is 0 Å².